The summed E-state index contributed by atoms with van der Waals surface area (Å²) < 4.78 is 25.9. The molecule has 3 aromatic carbocycles. The molecule has 0 aliphatic heterocycles. The Morgan fingerprint density at radius 3 is 2.18 bits per heavy atom. The quantitative estimate of drug-likeness (QED) is 0.324. The maximum absolute atomic E-state index is 13.5. The lowest BCUT2D eigenvalue weighted by Gasteiger charge is -2.20. The van der Waals surface area contributed by atoms with Gasteiger partial charge in [-0.1, -0.05) is 65.9 Å². The first-order valence-electron chi connectivity index (χ1n) is 11.2. The van der Waals surface area contributed by atoms with E-state index in [9.17, 15) is 13.2 Å². The van der Waals surface area contributed by atoms with E-state index < -0.39 is 15.1 Å². The second-order valence-electron chi connectivity index (χ2n) is 8.75. The van der Waals surface area contributed by atoms with Crippen LogP contribution in [0.25, 0.3) is 10.2 Å². The number of hydrogen-bond acceptors (Lipinski definition) is 5. The second-order valence-corrected chi connectivity index (χ2v) is 12.2. The Kier molecular flexibility index (Phi) is 6.86. The molecule has 1 heterocycles. The molecule has 34 heavy (non-hydrogen) atoms. The van der Waals surface area contributed by atoms with Gasteiger partial charge in [0, 0.05) is 0 Å². The third kappa shape index (κ3) is 4.91. The van der Waals surface area contributed by atoms with E-state index in [1.807, 2.05) is 37.3 Å². The minimum Gasteiger partial charge on any atom is -0.283 e. The minimum atomic E-state index is -3.35. The largest absolute Gasteiger partial charge is 0.283 e. The van der Waals surface area contributed by atoms with E-state index in [4.69, 9.17) is 4.98 Å². The van der Waals surface area contributed by atoms with Gasteiger partial charge in [-0.3, -0.25) is 9.69 Å². The van der Waals surface area contributed by atoms with Crippen molar-refractivity contribution in [2.75, 3.05) is 4.90 Å². The smallest absolute Gasteiger partial charge is 0.233 e. The number of nitrogens with zero attached hydrogens (tertiary/aromatic N) is 2. The molecule has 0 radical (unpaired) electrons. The van der Waals surface area contributed by atoms with Crippen LogP contribution in [0.4, 0.5) is 5.13 Å². The second kappa shape index (κ2) is 9.68. The number of thiazole rings is 1. The Morgan fingerprint density at radius 2 is 1.56 bits per heavy atom. The SMILES string of the molecule is Cc1ccc(C)c2sc(N(Cc3ccccc3)C(=O)Cc3ccc(S(=O)(=O)C(C)C)cc3)nc12. The summed E-state index contributed by atoms with van der Waals surface area (Å²) in [5, 5.41) is 0.174. The Balaban J connectivity index is 1.66. The number of carbonyl (C=O) groups is 1. The van der Waals surface area contributed by atoms with Crippen LogP contribution in [-0.2, 0) is 27.6 Å². The van der Waals surface area contributed by atoms with Crippen LogP contribution in [-0.4, -0.2) is 24.6 Å². The first kappa shape index (κ1) is 24.1. The molecule has 176 valence electrons. The average Bonchev–Trinajstić information content (AvgIpc) is 3.27. The molecule has 0 saturated heterocycles. The fourth-order valence-electron chi connectivity index (χ4n) is 3.73. The van der Waals surface area contributed by atoms with Crippen LogP contribution in [0.1, 0.15) is 36.1 Å². The molecule has 0 unspecified atom stereocenters. The zero-order valence-electron chi connectivity index (χ0n) is 19.8. The van der Waals surface area contributed by atoms with Crippen molar-refractivity contribution in [2.24, 2.45) is 0 Å². The standard InChI is InChI=1S/C27H28N2O3S2/c1-18(2)34(31,32)23-14-12-21(13-15-23)16-24(30)29(17-22-8-6-5-7-9-22)27-28-25-19(3)10-11-20(4)26(25)33-27/h5-15,18H,16-17H2,1-4H3. The van der Waals surface area contributed by atoms with Gasteiger partial charge in [0.2, 0.25) is 5.91 Å². The van der Waals surface area contributed by atoms with E-state index in [1.54, 1.807) is 43.0 Å². The number of rotatable bonds is 7. The molecule has 0 atom stereocenters. The summed E-state index contributed by atoms with van der Waals surface area (Å²) in [6, 6.07) is 20.6. The minimum absolute atomic E-state index is 0.0855. The van der Waals surface area contributed by atoms with Crippen molar-refractivity contribution in [3.63, 3.8) is 0 Å². The first-order valence-corrected chi connectivity index (χ1v) is 13.6. The Labute approximate surface area is 205 Å². The van der Waals surface area contributed by atoms with Gasteiger partial charge in [-0.2, -0.15) is 0 Å². The molecule has 7 heteroatoms. The van der Waals surface area contributed by atoms with Crippen molar-refractivity contribution in [2.45, 2.75) is 50.8 Å². The van der Waals surface area contributed by atoms with Crippen molar-refractivity contribution in [1.82, 2.24) is 4.98 Å². The Morgan fingerprint density at radius 1 is 0.912 bits per heavy atom. The van der Waals surface area contributed by atoms with E-state index in [2.05, 4.69) is 19.1 Å². The zero-order chi connectivity index (χ0) is 24.5. The number of anilines is 1. The van der Waals surface area contributed by atoms with Gasteiger partial charge >= 0.3 is 0 Å². The average molecular weight is 493 g/mol. The van der Waals surface area contributed by atoms with Crippen molar-refractivity contribution < 1.29 is 13.2 Å². The van der Waals surface area contributed by atoms with E-state index in [1.165, 1.54) is 11.3 Å². The monoisotopic (exact) mass is 492 g/mol. The molecular formula is C27H28N2O3S2. The summed E-state index contributed by atoms with van der Waals surface area (Å²) in [7, 11) is -3.35. The number of fused-ring (bicyclic) bond motifs is 1. The molecule has 1 aromatic heterocycles. The molecule has 4 rings (SSSR count). The highest BCUT2D eigenvalue weighted by Crippen LogP contribution is 2.34. The third-order valence-corrected chi connectivity index (χ3v) is 9.26. The molecule has 1 amide bonds. The van der Waals surface area contributed by atoms with Crippen LogP contribution in [0.5, 0.6) is 0 Å². The van der Waals surface area contributed by atoms with Gasteiger partial charge in [0.1, 0.15) is 0 Å². The Bertz CT molecular complexity index is 1390. The van der Waals surface area contributed by atoms with Gasteiger partial charge in [0.25, 0.3) is 0 Å². The molecule has 0 bridgehead atoms. The molecule has 5 nitrogen and oxygen atoms in total. The van der Waals surface area contributed by atoms with Crippen LogP contribution in [0, 0.1) is 13.8 Å². The van der Waals surface area contributed by atoms with Crippen molar-refractivity contribution in [1.29, 1.82) is 0 Å². The number of benzene rings is 3. The predicted octanol–water partition coefficient (Wildman–Crippen LogP) is 5.87. The highest BCUT2D eigenvalue weighted by atomic mass is 32.2. The number of aryl methyl sites for hydroxylation is 2. The number of hydrogen-bond donors (Lipinski definition) is 0. The summed E-state index contributed by atoms with van der Waals surface area (Å²) >= 11 is 1.53. The molecule has 0 fully saturated rings. The van der Waals surface area contributed by atoms with E-state index in [0.717, 1.165) is 32.5 Å². The lowest BCUT2D eigenvalue weighted by atomic mass is 10.1. The van der Waals surface area contributed by atoms with Gasteiger partial charge < -0.3 is 0 Å². The summed E-state index contributed by atoms with van der Waals surface area (Å²) in [6.07, 6.45) is 0.155. The first-order chi connectivity index (χ1) is 16.2. The van der Waals surface area contributed by atoms with Crippen molar-refractivity contribution >= 4 is 42.4 Å². The van der Waals surface area contributed by atoms with E-state index >= 15 is 0 Å². The van der Waals surface area contributed by atoms with Crippen LogP contribution in [0.2, 0.25) is 0 Å². The highest BCUT2D eigenvalue weighted by molar-refractivity contribution is 7.92. The van der Waals surface area contributed by atoms with Crippen LogP contribution in [0.15, 0.2) is 71.6 Å². The molecule has 0 aliphatic carbocycles. The zero-order valence-corrected chi connectivity index (χ0v) is 21.4. The summed E-state index contributed by atoms with van der Waals surface area (Å²) in [5.74, 6) is -0.0855. The maximum atomic E-state index is 13.5. The van der Waals surface area contributed by atoms with E-state index in [0.29, 0.717) is 11.7 Å². The van der Waals surface area contributed by atoms with Gasteiger partial charge in [0.05, 0.1) is 33.3 Å². The van der Waals surface area contributed by atoms with Gasteiger partial charge in [-0.25, -0.2) is 13.4 Å². The Hall–Kier alpha value is -3.03. The number of carbonyl (C=O) groups excluding carboxylic acids is 1. The number of sulfone groups is 1. The van der Waals surface area contributed by atoms with Gasteiger partial charge in [0.15, 0.2) is 15.0 Å². The third-order valence-electron chi connectivity index (χ3n) is 5.87. The normalized spacial score (nSPS) is 11.8. The molecule has 0 spiro atoms. The molecular weight excluding hydrogens is 464 g/mol. The molecule has 4 aromatic rings. The summed E-state index contributed by atoms with van der Waals surface area (Å²) in [5.41, 5.74) is 4.92. The summed E-state index contributed by atoms with van der Waals surface area (Å²) in [6.45, 7) is 7.82. The van der Waals surface area contributed by atoms with Crippen molar-refractivity contribution in [3.8, 4) is 0 Å². The fraction of sp³-hybridized carbons (Fsp3) is 0.259. The fourth-order valence-corrected chi connectivity index (χ4v) is 5.92. The van der Waals surface area contributed by atoms with Crippen LogP contribution >= 0.6 is 11.3 Å². The lowest BCUT2D eigenvalue weighted by molar-refractivity contribution is -0.118. The number of aromatic nitrogens is 1. The number of amides is 1. The maximum Gasteiger partial charge on any atom is 0.233 e. The van der Waals surface area contributed by atoms with Crippen LogP contribution in [0.3, 0.4) is 0 Å². The highest BCUT2D eigenvalue weighted by Gasteiger charge is 2.23. The van der Waals surface area contributed by atoms with Gasteiger partial charge in [-0.05, 0) is 62.1 Å². The van der Waals surface area contributed by atoms with Crippen LogP contribution < -0.4 is 4.90 Å². The van der Waals surface area contributed by atoms with Gasteiger partial charge in [-0.15, -0.1) is 0 Å². The topological polar surface area (TPSA) is 67.3 Å². The lowest BCUT2D eigenvalue weighted by Crippen LogP contribution is -2.31. The molecule has 0 saturated carbocycles. The summed E-state index contributed by atoms with van der Waals surface area (Å²) in [4.78, 5) is 20.4. The molecule has 0 N–H and O–H groups in total. The predicted molar refractivity (Wildman–Crippen MR) is 139 cm³/mol. The van der Waals surface area contributed by atoms with Crippen molar-refractivity contribution in [3.05, 3.63) is 89.0 Å². The van der Waals surface area contributed by atoms with E-state index in [-0.39, 0.29) is 17.2 Å². The molecule has 0 aliphatic rings.